The van der Waals surface area contributed by atoms with Crippen LogP contribution in [0.3, 0.4) is 0 Å². The largest absolute Gasteiger partial charge is 0.370 e. The van der Waals surface area contributed by atoms with Crippen LogP contribution < -0.4 is 22.1 Å². The number of carbonyl (C=O) groups excluding carboxylic acids is 3. The Hall–Kier alpha value is -2.12. The third-order valence-corrected chi connectivity index (χ3v) is 3.36. The maximum absolute atomic E-state index is 11.7. The Morgan fingerprint density at radius 2 is 1.78 bits per heavy atom. The van der Waals surface area contributed by atoms with Crippen LogP contribution in [0.1, 0.15) is 46.0 Å². The second-order valence-corrected chi connectivity index (χ2v) is 5.45. The number of nitrogens with one attached hydrogen (secondary N) is 2. The van der Waals surface area contributed by atoms with Gasteiger partial charge in [-0.1, -0.05) is 26.2 Å². The zero-order valence-electron chi connectivity index (χ0n) is 14.1. The molecule has 0 saturated heterocycles. The standard InChI is InChI=1S/C15H29N5O3/c1-3-4-5-6-12(11(2)21)9-19-13(22)7-8-18-14(23)10-20-15(16)17/h12H,3-10H2,1-2H3,(H,18,23)(H,19,22)(H4,16,17,20). The number of unbranched alkanes of at least 4 members (excludes halogenated alkanes) is 2. The zero-order chi connectivity index (χ0) is 17.7. The molecule has 0 aromatic rings. The number of hydrogen-bond donors (Lipinski definition) is 4. The minimum Gasteiger partial charge on any atom is -0.370 e. The molecule has 0 saturated carbocycles. The summed E-state index contributed by atoms with van der Waals surface area (Å²) in [6.45, 7) is 4.04. The Balaban J connectivity index is 3.93. The van der Waals surface area contributed by atoms with Gasteiger partial charge in [0.05, 0.1) is 0 Å². The van der Waals surface area contributed by atoms with Crippen molar-refractivity contribution in [1.29, 1.82) is 0 Å². The summed E-state index contributed by atoms with van der Waals surface area (Å²) in [6, 6.07) is 0. The van der Waals surface area contributed by atoms with Gasteiger partial charge in [0.15, 0.2) is 5.96 Å². The fourth-order valence-corrected chi connectivity index (χ4v) is 1.95. The highest BCUT2D eigenvalue weighted by molar-refractivity contribution is 5.84. The Kier molecular flexibility index (Phi) is 11.3. The maximum atomic E-state index is 11.7. The quantitative estimate of drug-likeness (QED) is 0.221. The fourth-order valence-electron chi connectivity index (χ4n) is 1.95. The predicted octanol–water partition coefficient (Wildman–Crippen LogP) is -0.332. The molecule has 0 radical (unpaired) electrons. The van der Waals surface area contributed by atoms with E-state index in [1.807, 2.05) is 0 Å². The van der Waals surface area contributed by atoms with Crippen LogP contribution in [0.4, 0.5) is 0 Å². The number of amides is 2. The second kappa shape index (κ2) is 12.4. The molecule has 132 valence electrons. The lowest BCUT2D eigenvalue weighted by molar-refractivity contribution is -0.123. The van der Waals surface area contributed by atoms with Crippen molar-refractivity contribution in [3.8, 4) is 0 Å². The van der Waals surface area contributed by atoms with Crippen LogP contribution >= 0.6 is 0 Å². The molecular formula is C15H29N5O3. The van der Waals surface area contributed by atoms with Gasteiger partial charge in [-0.15, -0.1) is 0 Å². The Bertz CT molecular complexity index is 419. The van der Waals surface area contributed by atoms with E-state index in [1.54, 1.807) is 6.92 Å². The van der Waals surface area contributed by atoms with Gasteiger partial charge in [0.1, 0.15) is 12.3 Å². The number of carbonyl (C=O) groups is 3. The van der Waals surface area contributed by atoms with Crippen molar-refractivity contribution in [2.24, 2.45) is 22.4 Å². The summed E-state index contributed by atoms with van der Waals surface area (Å²) in [6.07, 6.45) is 4.10. The smallest absolute Gasteiger partial charge is 0.241 e. The first kappa shape index (κ1) is 20.9. The van der Waals surface area contributed by atoms with E-state index in [1.165, 1.54) is 0 Å². The molecule has 0 rings (SSSR count). The van der Waals surface area contributed by atoms with Gasteiger partial charge in [-0.25, -0.2) is 4.99 Å². The van der Waals surface area contributed by atoms with Crippen molar-refractivity contribution in [3.05, 3.63) is 0 Å². The van der Waals surface area contributed by atoms with Crippen molar-refractivity contribution >= 4 is 23.6 Å². The molecule has 0 heterocycles. The van der Waals surface area contributed by atoms with E-state index in [0.29, 0.717) is 6.54 Å². The SMILES string of the molecule is CCCCCC(CNC(=O)CCNC(=O)CN=C(N)N)C(C)=O. The molecule has 8 heteroatoms. The number of guanidine groups is 1. The first-order chi connectivity index (χ1) is 10.9. The summed E-state index contributed by atoms with van der Waals surface area (Å²) in [7, 11) is 0. The van der Waals surface area contributed by atoms with E-state index in [4.69, 9.17) is 11.5 Å². The lowest BCUT2D eigenvalue weighted by Gasteiger charge is -2.14. The van der Waals surface area contributed by atoms with E-state index < -0.39 is 0 Å². The summed E-state index contributed by atoms with van der Waals surface area (Å²) < 4.78 is 0. The van der Waals surface area contributed by atoms with Gasteiger partial charge in [-0.3, -0.25) is 14.4 Å². The molecule has 1 atom stereocenters. The van der Waals surface area contributed by atoms with Gasteiger partial charge in [0, 0.05) is 25.4 Å². The first-order valence-electron chi connectivity index (χ1n) is 7.96. The highest BCUT2D eigenvalue weighted by atomic mass is 16.2. The molecule has 0 aromatic carbocycles. The van der Waals surface area contributed by atoms with E-state index in [9.17, 15) is 14.4 Å². The highest BCUT2D eigenvalue weighted by Crippen LogP contribution is 2.10. The fraction of sp³-hybridized carbons (Fsp3) is 0.733. The molecule has 6 N–H and O–H groups in total. The minimum atomic E-state index is -0.354. The van der Waals surface area contributed by atoms with Crippen LogP contribution in [0, 0.1) is 5.92 Å². The molecule has 1 unspecified atom stereocenters. The molecule has 0 aliphatic carbocycles. The predicted molar refractivity (Wildman–Crippen MR) is 89.6 cm³/mol. The monoisotopic (exact) mass is 327 g/mol. The average Bonchev–Trinajstić information content (AvgIpc) is 2.48. The summed E-state index contributed by atoms with van der Waals surface area (Å²) in [4.78, 5) is 38.1. The van der Waals surface area contributed by atoms with Crippen molar-refractivity contribution in [1.82, 2.24) is 10.6 Å². The Morgan fingerprint density at radius 1 is 1.09 bits per heavy atom. The van der Waals surface area contributed by atoms with Crippen LogP contribution in [-0.4, -0.2) is 43.2 Å². The van der Waals surface area contributed by atoms with E-state index >= 15 is 0 Å². The Labute approximate surface area is 137 Å². The van der Waals surface area contributed by atoms with Crippen LogP contribution in [0.2, 0.25) is 0 Å². The zero-order valence-corrected chi connectivity index (χ0v) is 14.1. The van der Waals surface area contributed by atoms with Crippen molar-refractivity contribution in [2.75, 3.05) is 19.6 Å². The number of ketones is 1. The lowest BCUT2D eigenvalue weighted by atomic mass is 9.97. The van der Waals surface area contributed by atoms with Gasteiger partial charge in [0.25, 0.3) is 0 Å². The molecule has 8 nitrogen and oxygen atoms in total. The second-order valence-electron chi connectivity index (χ2n) is 5.45. The molecular weight excluding hydrogens is 298 g/mol. The van der Waals surface area contributed by atoms with E-state index in [0.717, 1.165) is 25.7 Å². The summed E-state index contributed by atoms with van der Waals surface area (Å²) in [5, 5.41) is 5.27. The number of rotatable bonds is 12. The van der Waals surface area contributed by atoms with Crippen LogP contribution in [0.5, 0.6) is 0 Å². The van der Waals surface area contributed by atoms with Gasteiger partial charge < -0.3 is 22.1 Å². The van der Waals surface area contributed by atoms with Crippen LogP contribution in [0.15, 0.2) is 4.99 Å². The minimum absolute atomic E-state index is 0.0898. The number of nitrogens with zero attached hydrogens (tertiary/aromatic N) is 1. The molecule has 0 aliphatic rings. The summed E-state index contributed by atoms with van der Waals surface area (Å²) in [5.74, 6) is -0.758. The van der Waals surface area contributed by atoms with Crippen molar-refractivity contribution < 1.29 is 14.4 Å². The maximum Gasteiger partial charge on any atom is 0.241 e. The first-order valence-corrected chi connectivity index (χ1v) is 7.96. The molecule has 0 fully saturated rings. The van der Waals surface area contributed by atoms with E-state index in [2.05, 4.69) is 22.5 Å². The molecule has 23 heavy (non-hydrogen) atoms. The summed E-state index contributed by atoms with van der Waals surface area (Å²) >= 11 is 0. The third-order valence-electron chi connectivity index (χ3n) is 3.36. The molecule has 0 spiro atoms. The Morgan fingerprint density at radius 3 is 2.35 bits per heavy atom. The molecule has 0 aliphatic heterocycles. The third kappa shape index (κ3) is 12.1. The highest BCUT2D eigenvalue weighted by Gasteiger charge is 2.15. The topological polar surface area (TPSA) is 140 Å². The van der Waals surface area contributed by atoms with Gasteiger partial charge in [-0.05, 0) is 13.3 Å². The lowest BCUT2D eigenvalue weighted by Crippen LogP contribution is -2.35. The van der Waals surface area contributed by atoms with Crippen LogP contribution in [-0.2, 0) is 14.4 Å². The molecule has 0 aromatic heterocycles. The van der Waals surface area contributed by atoms with Crippen LogP contribution in [0.25, 0.3) is 0 Å². The molecule has 0 bridgehead atoms. The normalized spacial score (nSPS) is 11.4. The van der Waals surface area contributed by atoms with E-state index in [-0.39, 0.29) is 49.0 Å². The number of aliphatic imine (C=N–C) groups is 1. The van der Waals surface area contributed by atoms with Gasteiger partial charge in [0.2, 0.25) is 11.8 Å². The number of nitrogens with two attached hydrogens (primary N) is 2. The summed E-state index contributed by atoms with van der Waals surface area (Å²) in [5.41, 5.74) is 10.2. The number of hydrogen-bond acceptors (Lipinski definition) is 4. The van der Waals surface area contributed by atoms with Crippen molar-refractivity contribution in [3.63, 3.8) is 0 Å². The van der Waals surface area contributed by atoms with Gasteiger partial charge in [-0.2, -0.15) is 0 Å². The number of Topliss-reactive ketones (excluding diaryl/α,β-unsaturated/α-hetero) is 1. The molecule has 2 amide bonds. The average molecular weight is 327 g/mol. The van der Waals surface area contributed by atoms with Crippen molar-refractivity contribution in [2.45, 2.75) is 46.0 Å². The van der Waals surface area contributed by atoms with Gasteiger partial charge >= 0.3 is 0 Å².